The largest absolute Gasteiger partial charge is 0.339 e. The van der Waals surface area contributed by atoms with E-state index in [1.54, 1.807) is 12.1 Å². The van der Waals surface area contributed by atoms with Crippen LogP contribution in [-0.4, -0.2) is 23.2 Å². The Balaban J connectivity index is 1.97. The number of hydrogen-bond acceptors (Lipinski definition) is 4. The third-order valence-electron chi connectivity index (χ3n) is 3.41. The number of nitrogens with zero attached hydrogens (tertiary/aromatic N) is 2. The Labute approximate surface area is 118 Å². The van der Waals surface area contributed by atoms with Crippen molar-refractivity contribution in [2.24, 2.45) is 0 Å². The number of halogens is 1. The van der Waals surface area contributed by atoms with Gasteiger partial charge in [0.15, 0.2) is 5.82 Å². The predicted octanol–water partition coefficient (Wildman–Crippen LogP) is 2.71. The third-order valence-corrected chi connectivity index (χ3v) is 3.41. The van der Waals surface area contributed by atoms with E-state index in [0.29, 0.717) is 24.2 Å². The van der Waals surface area contributed by atoms with Crippen LogP contribution in [0.25, 0.3) is 0 Å². The summed E-state index contributed by atoms with van der Waals surface area (Å²) in [7, 11) is 1.91. The van der Waals surface area contributed by atoms with Crippen molar-refractivity contribution >= 4 is 0 Å². The molecule has 2 unspecified atom stereocenters. The molecule has 0 saturated carbocycles. The first-order valence-corrected chi connectivity index (χ1v) is 6.82. The second-order valence-electron chi connectivity index (χ2n) is 5.15. The van der Waals surface area contributed by atoms with E-state index < -0.39 is 0 Å². The van der Waals surface area contributed by atoms with Gasteiger partial charge < -0.3 is 9.84 Å². The van der Waals surface area contributed by atoms with E-state index in [2.05, 4.69) is 29.3 Å². The van der Waals surface area contributed by atoms with Crippen LogP contribution in [0.1, 0.15) is 37.0 Å². The normalized spacial score (nSPS) is 14.2. The molecule has 2 atom stereocenters. The van der Waals surface area contributed by atoms with Crippen LogP contribution in [0, 0.1) is 5.82 Å². The monoisotopic (exact) mass is 277 g/mol. The first-order chi connectivity index (χ1) is 9.58. The molecule has 0 amide bonds. The topological polar surface area (TPSA) is 51.0 Å². The quantitative estimate of drug-likeness (QED) is 0.882. The second kappa shape index (κ2) is 6.61. The summed E-state index contributed by atoms with van der Waals surface area (Å²) in [6.45, 7) is 4.13. The molecule has 2 aromatic rings. The molecule has 0 spiro atoms. The summed E-state index contributed by atoms with van der Waals surface area (Å²) in [6.07, 6.45) is 1.40. The molecule has 1 N–H and O–H groups in total. The highest BCUT2D eigenvalue weighted by molar-refractivity contribution is 5.20. The zero-order valence-electron chi connectivity index (χ0n) is 12.1. The van der Waals surface area contributed by atoms with Gasteiger partial charge in [0.1, 0.15) is 5.82 Å². The lowest BCUT2D eigenvalue weighted by atomic mass is 9.98. The Morgan fingerprint density at radius 1 is 1.20 bits per heavy atom. The number of nitrogens with one attached hydrogen (secondary N) is 1. The molecule has 108 valence electrons. The fraction of sp³-hybridized carbons (Fsp3) is 0.467. The van der Waals surface area contributed by atoms with Crippen LogP contribution in [0.15, 0.2) is 28.8 Å². The average molecular weight is 277 g/mol. The molecule has 0 bridgehead atoms. The Morgan fingerprint density at radius 3 is 2.55 bits per heavy atom. The molecule has 20 heavy (non-hydrogen) atoms. The van der Waals surface area contributed by atoms with Crippen LogP contribution in [0.4, 0.5) is 4.39 Å². The molecule has 0 saturated heterocycles. The van der Waals surface area contributed by atoms with Crippen molar-refractivity contribution in [3.63, 3.8) is 0 Å². The molecular formula is C15H20FN3O. The van der Waals surface area contributed by atoms with Crippen molar-refractivity contribution < 1.29 is 8.91 Å². The summed E-state index contributed by atoms with van der Waals surface area (Å²) in [5, 5.41) is 7.12. The lowest BCUT2D eigenvalue weighted by molar-refractivity contribution is 0.365. The fourth-order valence-electron chi connectivity index (χ4n) is 2.00. The minimum absolute atomic E-state index is 0.214. The minimum Gasteiger partial charge on any atom is -0.339 e. The fourth-order valence-corrected chi connectivity index (χ4v) is 2.00. The maximum absolute atomic E-state index is 12.9. The van der Waals surface area contributed by atoms with Crippen LogP contribution in [-0.2, 0) is 12.8 Å². The van der Waals surface area contributed by atoms with Gasteiger partial charge in [0, 0.05) is 18.9 Å². The standard InChI is InChI=1S/C15H20FN3O/c1-10(12-4-6-13(16)7-5-12)8-15-18-14(19-20-15)9-11(2)17-3/h4-7,10-11,17H,8-9H2,1-3H3. The van der Waals surface area contributed by atoms with Gasteiger partial charge in [-0.05, 0) is 37.6 Å². The van der Waals surface area contributed by atoms with Crippen LogP contribution in [0.2, 0.25) is 0 Å². The first-order valence-electron chi connectivity index (χ1n) is 6.82. The number of benzene rings is 1. The van der Waals surface area contributed by atoms with Gasteiger partial charge in [0.25, 0.3) is 0 Å². The Kier molecular flexibility index (Phi) is 4.84. The summed E-state index contributed by atoms with van der Waals surface area (Å²) in [5.74, 6) is 1.33. The van der Waals surface area contributed by atoms with Crippen LogP contribution < -0.4 is 5.32 Å². The summed E-state index contributed by atoms with van der Waals surface area (Å²) < 4.78 is 18.2. The molecule has 0 aliphatic heterocycles. The van der Waals surface area contributed by atoms with Gasteiger partial charge in [-0.15, -0.1) is 0 Å². The van der Waals surface area contributed by atoms with E-state index in [-0.39, 0.29) is 11.7 Å². The van der Waals surface area contributed by atoms with Crippen molar-refractivity contribution in [2.75, 3.05) is 7.05 Å². The van der Waals surface area contributed by atoms with E-state index >= 15 is 0 Å². The molecule has 2 rings (SSSR count). The molecule has 0 fully saturated rings. The maximum Gasteiger partial charge on any atom is 0.227 e. The van der Waals surface area contributed by atoms with E-state index in [1.165, 1.54) is 12.1 Å². The van der Waals surface area contributed by atoms with Crippen molar-refractivity contribution in [3.05, 3.63) is 47.4 Å². The lowest BCUT2D eigenvalue weighted by Gasteiger charge is -2.08. The Hall–Kier alpha value is -1.75. The van der Waals surface area contributed by atoms with Crippen molar-refractivity contribution in [1.82, 2.24) is 15.5 Å². The third kappa shape index (κ3) is 3.87. The molecule has 0 aliphatic rings. The molecule has 5 heteroatoms. The lowest BCUT2D eigenvalue weighted by Crippen LogP contribution is -2.24. The van der Waals surface area contributed by atoms with Crippen LogP contribution in [0.3, 0.4) is 0 Å². The Morgan fingerprint density at radius 2 is 1.90 bits per heavy atom. The molecule has 4 nitrogen and oxygen atoms in total. The van der Waals surface area contributed by atoms with Gasteiger partial charge >= 0.3 is 0 Å². The highest BCUT2D eigenvalue weighted by Gasteiger charge is 2.13. The number of aromatic nitrogens is 2. The Bertz CT molecular complexity index is 538. The highest BCUT2D eigenvalue weighted by Crippen LogP contribution is 2.20. The predicted molar refractivity (Wildman–Crippen MR) is 75.0 cm³/mol. The maximum atomic E-state index is 12.9. The van der Waals surface area contributed by atoms with E-state index in [9.17, 15) is 4.39 Å². The van der Waals surface area contributed by atoms with Crippen molar-refractivity contribution in [1.29, 1.82) is 0 Å². The molecule has 1 aromatic carbocycles. The zero-order valence-corrected chi connectivity index (χ0v) is 12.1. The number of rotatable bonds is 6. The smallest absolute Gasteiger partial charge is 0.227 e. The second-order valence-corrected chi connectivity index (χ2v) is 5.15. The number of likely N-dealkylation sites (N-methyl/N-ethyl adjacent to an activating group) is 1. The van der Waals surface area contributed by atoms with E-state index in [0.717, 1.165) is 12.0 Å². The number of hydrogen-bond donors (Lipinski definition) is 1. The van der Waals surface area contributed by atoms with Crippen LogP contribution >= 0.6 is 0 Å². The van der Waals surface area contributed by atoms with Gasteiger partial charge in [-0.1, -0.05) is 24.2 Å². The average Bonchev–Trinajstić information content (AvgIpc) is 2.86. The van der Waals surface area contributed by atoms with Gasteiger partial charge in [-0.3, -0.25) is 0 Å². The van der Waals surface area contributed by atoms with Crippen LogP contribution in [0.5, 0.6) is 0 Å². The molecule has 0 aliphatic carbocycles. The van der Waals surface area contributed by atoms with Gasteiger partial charge in [0.05, 0.1) is 0 Å². The van der Waals surface area contributed by atoms with E-state index in [1.807, 2.05) is 7.05 Å². The molecule has 0 radical (unpaired) electrons. The summed E-state index contributed by atoms with van der Waals surface area (Å²) >= 11 is 0. The summed E-state index contributed by atoms with van der Waals surface area (Å²) in [4.78, 5) is 4.39. The molecule has 1 heterocycles. The van der Waals surface area contributed by atoms with Gasteiger partial charge in [-0.25, -0.2) is 4.39 Å². The zero-order chi connectivity index (χ0) is 14.5. The highest BCUT2D eigenvalue weighted by atomic mass is 19.1. The first kappa shape index (κ1) is 14.7. The summed E-state index contributed by atoms with van der Waals surface area (Å²) in [5.41, 5.74) is 1.06. The SMILES string of the molecule is CNC(C)Cc1noc(CC(C)c2ccc(F)cc2)n1. The van der Waals surface area contributed by atoms with Crippen molar-refractivity contribution in [3.8, 4) is 0 Å². The van der Waals surface area contributed by atoms with E-state index in [4.69, 9.17) is 4.52 Å². The minimum atomic E-state index is -0.220. The van der Waals surface area contributed by atoms with Gasteiger partial charge in [-0.2, -0.15) is 4.98 Å². The molecule has 1 aromatic heterocycles. The molecular weight excluding hydrogens is 257 g/mol. The van der Waals surface area contributed by atoms with Gasteiger partial charge in [0.2, 0.25) is 5.89 Å². The van der Waals surface area contributed by atoms with Crippen molar-refractivity contribution in [2.45, 2.75) is 38.6 Å². The summed E-state index contributed by atoms with van der Waals surface area (Å²) in [6, 6.07) is 6.84.